The lowest BCUT2D eigenvalue weighted by Crippen LogP contribution is -2.06. The van der Waals surface area contributed by atoms with Crippen LogP contribution < -0.4 is 10.1 Å². The molecule has 0 aromatic heterocycles. The van der Waals surface area contributed by atoms with Crippen LogP contribution in [0.3, 0.4) is 0 Å². The van der Waals surface area contributed by atoms with Gasteiger partial charge >= 0.3 is 0 Å². The van der Waals surface area contributed by atoms with E-state index in [1.54, 1.807) is 6.07 Å². The number of hydrogen-bond donors (Lipinski definition) is 1. The summed E-state index contributed by atoms with van der Waals surface area (Å²) in [6.45, 7) is 3.39. The highest BCUT2D eigenvalue weighted by atomic mass is 16.5. The fourth-order valence-electron chi connectivity index (χ4n) is 1.92. The van der Waals surface area contributed by atoms with Crippen LogP contribution in [0.25, 0.3) is 0 Å². The van der Waals surface area contributed by atoms with Crippen molar-refractivity contribution in [3.8, 4) is 5.75 Å². The quantitative estimate of drug-likeness (QED) is 0.771. The van der Waals surface area contributed by atoms with E-state index in [2.05, 4.69) is 5.32 Å². The third-order valence-electron chi connectivity index (χ3n) is 2.47. The van der Waals surface area contributed by atoms with Gasteiger partial charge in [-0.15, -0.1) is 0 Å². The summed E-state index contributed by atoms with van der Waals surface area (Å²) in [5.41, 5.74) is 2.11. The molecule has 0 radical (unpaired) electrons. The van der Waals surface area contributed by atoms with E-state index in [0.29, 0.717) is 17.0 Å². The number of benzene rings is 1. The molecule has 1 aliphatic heterocycles. The molecule has 1 amide bonds. The van der Waals surface area contributed by atoms with Gasteiger partial charge < -0.3 is 10.1 Å². The predicted molar refractivity (Wildman–Crippen MR) is 59.9 cm³/mol. The van der Waals surface area contributed by atoms with Crippen LogP contribution >= 0.6 is 0 Å². The Bertz CT molecular complexity index is 454. The first kappa shape index (κ1) is 10.7. The SMILES string of the molecule is CC(=O)Nc1cc(C=O)c2c(c1)CC(C)O2. The number of anilines is 1. The van der Waals surface area contributed by atoms with Gasteiger partial charge in [-0.25, -0.2) is 0 Å². The van der Waals surface area contributed by atoms with Gasteiger partial charge in [0.1, 0.15) is 11.9 Å². The molecule has 4 heteroatoms. The second-order valence-corrected chi connectivity index (χ2v) is 3.99. The van der Waals surface area contributed by atoms with Gasteiger partial charge in [0, 0.05) is 24.6 Å². The maximum atomic E-state index is 10.9. The summed E-state index contributed by atoms with van der Waals surface area (Å²) < 4.78 is 5.54. The lowest BCUT2D eigenvalue weighted by molar-refractivity contribution is -0.114. The van der Waals surface area contributed by atoms with Gasteiger partial charge in [-0.05, 0) is 19.1 Å². The molecule has 1 aromatic carbocycles. The predicted octanol–water partition coefficient (Wildman–Crippen LogP) is 1.78. The molecule has 0 saturated carbocycles. The Hall–Kier alpha value is -1.84. The fourth-order valence-corrected chi connectivity index (χ4v) is 1.92. The van der Waals surface area contributed by atoms with Crippen LogP contribution in [-0.4, -0.2) is 18.3 Å². The molecule has 16 heavy (non-hydrogen) atoms. The highest BCUT2D eigenvalue weighted by Crippen LogP contribution is 2.34. The van der Waals surface area contributed by atoms with Gasteiger partial charge in [0.25, 0.3) is 0 Å². The van der Waals surface area contributed by atoms with Crippen molar-refractivity contribution < 1.29 is 14.3 Å². The highest BCUT2D eigenvalue weighted by molar-refractivity contribution is 5.91. The number of amides is 1. The van der Waals surface area contributed by atoms with Gasteiger partial charge in [-0.1, -0.05) is 0 Å². The van der Waals surface area contributed by atoms with Crippen molar-refractivity contribution in [2.45, 2.75) is 26.4 Å². The van der Waals surface area contributed by atoms with Crippen LogP contribution in [0, 0.1) is 0 Å². The van der Waals surface area contributed by atoms with E-state index in [0.717, 1.165) is 18.3 Å². The Labute approximate surface area is 93.6 Å². The van der Waals surface area contributed by atoms with Crippen molar-refractivity contribution in [1.29, 1.82) is 0 Å². The number of hydrogen-bond acceptors (Lipinski definition) is 3. The van der Waals surface area contributed by atoms with Crippen molar-refractivity contribution in [3.05, 3.63) is 23.3 Å². The first-order valence-electron chi connectivity index (χ1n) is 5.16. The third kappa shape index (κ3) is 1.91. The molecular weight excluding hydrogens is 206 g/mol. The first-order chi connectivity index (χ1) is 7.60. The molecule has 84 valence electrons. The molecule has 1 atom stereocenters. The van der Waals surface area contributed by atoms with E-state index in [-0.39, 0.29) is 12.0 Å². The Morgan fingerprint density at radius 1 is 1.56 bits per heavy atom. The third-order valence-corrected chi connectivity index (χ3v) is 2.47. The van der Waals surface area contributed by atoms with Crippen molar-refractivity contribution in [2.75, 3.05) is 5.32 Å². The number of rotatable bonds is 2. The Balaban J connectivity index is 2.42. The molecule has 1 N–H and O–H groups in total. The Morgan fingerprint density at radius 2 is 2.31 bits per heavy atom. The second-order valence-electron chi connectivity index (χ2n) is 3.99. The summed E-state index contributed by atoms with van der Waals surface area (Å²) in [7, 11) is 0. The van der Waals surface area contributed by atoms with E-state index in [4.69, 9.17) is 4.74 Å². The van der Waals surface area contributed by atoms with Crippen LogP contribution in [-0.2, 0) is 11.2 Å². The van der Waals surface area contributed by atoms with E-state index in [9.17, 15) is 9.59 Å². The van der Waals surface area contributed by atoms with E-state index in [1.807, 2.05) is 13.0 Å². The molecule has 1 aromatic rings. The monoisotopic (exact) mass is 219 g/mol. The maximum Gasteiger partial charge on any atom is 0.221 e. The summed E-state index contributed by atoms with van der Waals surface area (Å²) in [4.78, 5) is 21.9. The second kappa shape index (κ2) is 3.96. The number of carbonyl (C=O) groups excluding carboxylic acids is 2. The molecule has 1 heterocycles. The highest BCUT2D eigenvalue weighted by Gasteiger charge is 2.23. The van der Waals surface area contributed by atoms with Crippen LogP contribution in [0.4, 0.5) is 5.69 Å². The molecule has 1 unspecified atom stereocenters. The lowest BCUT2D eigenvalue weighted by atomic mass is 10.1. The fraction of sp³-hybridized carbons (Fsp3) is 0.333. The number of carbonyl (C=O) groups is 2. The van der Waals surface area contributed by atoms with E-state index in [1.165, 1.54) is 6.92 Å². The van der Waals surface area contributed by atoms with Crippen molar-refractivity contribution >= 4 is 17.9 Å². The number of ether oxygens (including phenoxy) is 1. The van der Waals surface area contributed by atoms with E-state index < -0.39 is 0 Å². The minimum absolute atomic E-state index is 0.0845. The lowest BCUT2D eigenvalue weighted by Gasteiger charge is -2.07. The summed E-state index contributed by atoms with van der Waals surface area (Å²) in [5, 5.41) is 2.67. The molecule has 0 bridgehead atoms. The normalized spacial score (nSPS) is 17.5. The molecule has 4 nitrogen and oxygen atoms in total. The Morgan fingerprint density at radius 3 is 2.94 bits per heavy atom. The number of aldehydes is 1. The zero-order valence-corrected chi connectivity index (χ0v) is 9.24. The number of fused-ring (bicyclic) bond motifs is 1. The van der Waals surface area contributed by atoms with Gasteiger partial charge in [-0.3, -0.25) is 9.59 Å². The average Bonchev–Trinajstić information content (AvgIpc) is 2.56. The zero-order valence-electron chi connectivity index (χ0n) is 9.24. The molecule has 0 fully saturated rings. The summed E-state index contributed by atoms with van der Waals surface area (Å²) in [6, 6.07) is 3.48. The van der Waals surface area contributed by atoms with Crippen LogP contribution in [0.5, 0.6) is 5.75 Å². The molecule has 2 rings (SSSR count). The molecule has 1 aliphatic rings. The van der Waals surface area contributed by atoms with Gasteiger partial charge in [-0.2, -0.15) is 0 Å². The Kier molecular flexibility index (Phi) is 2.64. The van der Waals surface area contributed by atoms with Crippen molar-refractivity contribution in [3.63, 3.8) is 0 Å². The molecule has 0 aliphatic carbocycles. The summed E-state index contributed by atoms with van der Waals surface area (Å²) in [6.07, 6.45) is 1.60. The van der Waals surface area contributed by atoms with Crippen LogP contribution in [0.15, 0.2) is 12.1 Å². The zero-order chi connectivity index (χ0) is 11.7. The van der Waals surface area contributed by atoms with E-state index >= 15 is 0 Å². The standard InChI is InChI=1S/C12H13NO3/c1-7-3-9-4-11(13-8(2)15)5-10(6-14)12(9)16-7/h4-7H,3H2,1-2H3,(H,13,15). The van der Waals surface area contributed by atoms with Crippen LogP contribution in [0.1, 0.15) is 29.8 Å². The first-order valence-corrected chi connectivity index (χ1v) is 5.16. The van der Waals surface area contributed by atoms with Gasteiger partial charge in [0.05, 0.1) is 5.56 Å². The maximum absolute atomic E-state index is 10.9. The smallest absolute Gasteiger partial charge is 0.221 e. The molecule has 0 saturated heterocycles. The van der Waals surface area contributed by atoms with Gasteiger partial charge in [0.2, 0.25) is 5.91 Å². The van der Waals surface area contributed by atoms with Gasteiger partial charge in [0.15, 0.2) is 6.29 Å². The average molecular weight is 219 g/mol. The minimum Gasteiger partial charge on any atom is -0.489 e. The largest absolute Gasteiger partial charge is 0.489 e. The minimum atomic E-state index is -0.149. The molecule has 0 spiro atoms. The number of nitrogens with one attached hydrogen (secondary N) is 1. The van der Waals surface area contributed by atoms with Crippen LogP contribution in [0.2, 0.25) is 0 Å². The van der Waals surface area contributed by atoms with Crippen molar-refractivity contribution in [1.82, 2.24) is 0 Å². The summed E-state index contributed by atoms with van der Waals surface area (Å²) >= 11 is 0. The van der Waals surface area contributed by atoms with Crippen molar-refractivity contribution in [2.24, 2.45) is 0 Å². The molecular formula is C12H13NO3. The topological polar surface area (TPSA) is 55.4 Å². The summed E-state index contributed by atoms with van der Waals surface area (Å²) in [5.74, 6) is 0.500.